The fourth-order valence-corrected chi connectivity index (χ4v) is 3.48. The maximum Gasteiger partial charge on any atom is 0.339 e. The highest BCUT2D eigenvalue weighted by Gasteiger charge is 2.16. The molecule has 0 aliphatic rings. The third kappa shape index (κ3) is 5.94. The lowest BCUT2D eigenvalue weighted by Crippen LogP contribution is -2.06. The van der Waals surface area contributed by atoms with E-state index in [0.717, 1.165) is 5.56 Å². The van der Waals surface area contributed by atoms with Gasteiger partial charge in [-0.25, -0.2) is 4.79 Å². The second-order valence-electron chi connectivity index (χ2n) is 6.51. The van der Waals surface area contributed by atoms with E-state index >= 15 is 0 Å². The molecule has 3 aromatic rings. The molecular weight excluding hydrogens is 439 g/mol. The molecule has 0 bridgehead atoms. The lowest BCUT2D eigenvalue weighted by molar-refractivity contribution is -0.130. The summed E-state index contributed by atoms with van der Waals surface area (Å²) in [5.74, 6) is -0.291. The molecule has 3 aromatic carbocycles. The van der Waals surface area contributed by atoms with Crippen LogP contribution in [0.4, 0.5) is 0 Å². The summed E-state index contributed by atoms with van der Waals surface area (Å²) >= 11 is 12.7. The molecule has 0 aliphatic carbocycles. The van der Waals surface area contributed by atoms with Crippen LogP contribution in [0.25, 0.3) is 5.57 Å². The molecule has 0 saturated carbocycles. The van der Waals surface area contributed by atoms with Crippen LogP contribution in [0.3, 0.4) is 0 Å². The highest BCUT2D eigenvalue weighted by molar-refractivity contribution is 6.37. The minimum absolute atomic E-state index is 0.0300. The van der Waals surface area contributed by atoms with E-state index in [0.29, 0.717) is 39.3 Å². The van der Waals surface area contributed by atoms with Crippen molar-refractivity contribution < 1.29 is 24.1 Å². The van der Waals surface area contributed by atoms with Gasteiger partial charge in [0.05, 0.1) is 23.4 Å². The smallest absolute Gasteiger partial charge is 0.339 e. The Balaban J connectivity index is 1.75. The Kier molecular flexibility index (Phi) is 7.82. The first kappa shape index (κ1) is 22.5. The van der Waals surface area contributed by atoms with E-state index in [9.17, 15) is 9.90 Å². The lowest BCUT2D eigenvalue weighted by Gasteiger charge is -2.14. The Morgan fingerprint density at radius 1 is 0.935 bits per heavy atom. The maximum atomic E-state index is 11.6. The van der Waals surface area contributed by atoms with E-state index in [1.54, 1.807) is 36.4 Å². The van der Waals surface area contributed by atoms with Crippen molar-refractivity contribution >= 4 is 34.7 Å². The number of benzene rings is 3. The summed E-state index contributed by atoms with van der Waals surface area (Å²) in [4.78, 5) is 11.6. The van der Waals surface area contributed by atoms with E-state index in [1.165, 1.54) is 13.4 Å². The third-order valence-electron chi connectivity index (χ3n) is 4.37. The zero-order chi connectivity index (χ0) is 22.2. The van der Waals surface area contributed by atoms with Gasteiger partial charge >= 0.3 is 5.97 Å². The Hall–Kier alpha value is -3.15. The van der Waals surface area contributed by atoms with E-state index in [2.05, 4.69) is 0 Å². The topological polar surface area (TPSA) is 65.0 Å². The summed E-state index contributed by atoms with van der Waals surface area (Å²) in [5.41, 5.74) is 2.19. The molecule has 0 heterocycles. The van der Waals surface area contributed by atoms with E-state index in [-0.39, 0.29) is 12.2 Å². The summed E-state index contributed by atoms with van der Waals surface area (Å²) in [6, 6.07) is 19.9. The molecule has 0 fully saturated rings. The molecule has 3 rings (SSSR count). The molecule has 7 heteroatoms. The Labute approximate surface area is 190 Å². The maximum absolute atomic E-state index is 11.6. The van der Waals surface area contributed by atoms with Crippen LogP contribution >= 0.6 is 23.2 Å². The van der Waals surface area contributed by atoms with Crippen molar-refractivity contribution in [1.82, 2.24) is 0 Å². The molecule has 160 valence electrons. The molecule has 0 radical (unpaired) electrons. The number of halogens is 2. The Morgan fingerprint density at radius 2 is 1.58 bits per heavy atom. The van der Waals surface area contributed by atoms with Gasteiger partial charge in [0.1, 0.15) is 24.5 Å². The summed E-state index contributed by atoms with van der Waals surface area (Å²) in [5, 5.41) is 10.1. The van der Waals surface area contributed by atoms with Gasteiger partial charge in [0.2, 0.25) is 0 Å². The average Bonchev–Trinajstić information content (AvgIpc) is 2.76. The molecule has 0 spiro atoms. The molecule has 0 aromatic heterocycles. The van der Waals surface area contributed by atoms with Crippen molar-refractivity contribution in [3.63, 3.8) is 0 Å². The van der Waals surface area contributed by atoms with Crippen molar-refractivity contribution in [2.45, 2.75) is 13.2 Å². The summed E-state index contributed by atoms with van der Waals surface area (Å²) in [6.07, 6.45) is 1.19. The zero-order valence-corrected chi connectivity index (χ0v) is 18.2. The Bertz CT molecular complexity index is 1060. The predicted molar refractivity (Wildman–Crippen MR) is 121 cm³/mol. The van der Waals surface area contributed by atoms with Crippen LogP contribution in [-0.2, 0) is 22.7 Å². The number of hydrogen-bond donors (Lipinski definition) is 1. The van der Waals surface area contributed by atoms with Crippen LogP contribution in [0, 0.1) is 0 Å². The van der Waals surface area contributed by atoms with Gasteiger partial charge in [0.15, 0.2) is 5.75 Å². The average molecular weight is 459 g/mol. The van der Waals surface area contributed by atoms with Crippen LogP contribution in [0.1, 0.15) is 16.7 Å². The molecule has 0 unspecified atom stereocenters. The molecular formula is C24H20Cl2O5. The van der Waals surface area contributed by atoms with Gasteiger partial charge in [-0.2, -0.15) is 0 Å². The van der Waals surface area contributed by atoms with E-state index in [4.69, 9.17) is 37.4 Å². The number of hydrogen-bond acceptors (Lipinski definition) is 4. The third-order valence-corrected chi connectivity index (χ3v) is 4.93. The Morgan fingerprint density at radius 3 is 2.23 bits per heavy atom. The van der Waals surface area contributed by atoms with Crippen molar-refractivity contribution in [1.29, 1.82) is 0 Å². The lowest BCUT2D eigenvalue weighted by atomic mass is 10.0. The summed E-state index contributed by atoms with van der Waals surface area (Å²) < 4.78 is 16.5. The first-order valence-electron chi connectivity index (χ1n) is 9.32. The second kappa shape index (κ2) is 10.8. The van der Waals surface area contributed by atoms with Crippen molar-refractivity contribution in [2.24, 2.45) is 0 Å². The monoisotopic (exact) mass is 458 g/mol. The first-order valence-corrected chi connectivity index (χ1v) is 10.1. The van der Waals surface area contributed by atoms with Crippen molar-refractivity contribution in [3.8, 4) is 11.5 Å². The van der Waals surface area contributed by atoms with Crippen molar-refractivity contribution in [2.75, 3.05) is 7.11 Å². The molecule has 1 N–H and O–H groups in total. The first-order chi connectivity index (χ1) is 15.0. The van der Waals surface area contributed by atoms with Gasteiger partial charge in [-0.3, -0.25) is 0 Å². The van der Waals surface area contributed by atoms with E-state index < -0.39 is 5.97 Å². The number of carboxylic acids is 1. The minimum atomic E-state index is -1.10. The highest BCUT2D eigenvalue weighted by Crippen LogP contribution is 2.37. The van der Waals surface area contributed by atoms with Gasteiger partial charge in [-0.05, 0) is 16.7 Å². The molecule has 5 nitrogen and oxygen atoms in total. The second-order valence-corrected chi connectivity index (χ2v) is 7.32. The predicted octanol–water partition coefficient (Wildman–Crippen LogP) is 6.22. The zero-order valence-electron chi connectivity index (χ0n) is 16.7. The number of rotatable bonds is 9. The number of ether oxygens (including phenoxy) is 3. The standard InChI is InChI=1S/C24H20Cl2O5/c1-29-15-20(24(27)28)19-10-6-5-9-17(19)14-30-18-11-21(25)23(22(26)12-18)31-13-16-7-3-2-4-8-16/h2-12,15H,13-14H2,1H3,(H,27,28)/b20-15+. The van der Waals surface area contributed by atoms with Gasteiger partial charge in [-0.15, -0.1) is 0 Å². The number of carboxylic acid groups (broad SMARTS) is 1. The molecule has 0 aliphatic heterocycles. The van der Waals surface area contributed by atoms with Crippen LogP contribution in [0.15, 0.2) is 73.0 Å². The van der Waals surface area contributed by atoms with Gasteiger partial charge < -0.3 is 19.3 Å². The SMILES string of the molecule is CO/C=C(/C(=O)O)c1ccccc1COc1cc(Cl)c(OCc2ccccc2)c(Cl)c1. The van der Waals surface area contributed by atoms with Crippen LogP contribution in [0.2, 0.25) is 10.0 Å². The van der Waals surface area contributed by atoms with Gasteiger partial charge in [0.25, 0.3) is 0 Å². The summed E-state index contributed by atoms with van der Waals surface area (Å²) in [6.45, 7) is 0.443. The fourth-order valence-electron chi connectivity index (χ4n) is 2.90. The summed E-state index contributed by atoms with van der Waals surface area (Å²) in [7, 11) is 1.40. The molecule has 0 atom stereocenters. The molecule has 0 saturated heterocycles. The molecule has 0 amide bonds. The quantitative estimate of drug-likeness (QED) is 0.304. The van der Waals surface area contributed by atoms with Crippen LogP contribution in [0.5, 0.6) is 11.5 Å². The largest absolute Gasteiger partial charge is 0.503 e. The van der Waals surface area contributed by atoms with Gasteiger partial charge in [-0.1, -0.05) is 77.8 Å². The molecule has 31 heavy (non-hydrogen) atoms. The van der Waals surface area contributed by atoms with Crippen LogP contribution < -0.4 is 9.47 Å². The number of methoxy groups -OCH3 is 1. The highest BCUT2D eigenvalue weighted by atomic mass is 35.5. The number of aliphatic carboxylic acids is 1. The number of carbonyl (C=O) groups is 1. The van der Waals surface area contributed by atoms with Crippen LogP contribution in [-0.4, -0.2) is 18.2 Å². The normalized spacial score (nSPS) is 11.1. The van der Waals surface area contributed by atoms with E-state index in [1.807, 2.05) is 30.3 Å². The van der Waals surface area contributed by atoms with Crippen molar-refractivity contribution in [3.05, 3.63) is 99.7 Å². The minimum Gasteiger partial charge on any atom is -0.503 e. The fraction of sp³-hybridized carbons (Fsp3) is 0.125. The van der Waals surface area contributed by atoms with Gasteiger partial charge in [0, 0.05) is 12.1 Å².